The van der Waals surface area contributed by atoms with E-state index in [1.807, 2.05) is 0 Å². The van der Waals surface area contributed by atoms with Gasteiger partial charge in [-0.2, -0.15) is 0 Å². The van der Waals surface area contributed by atoms with E-state index in [1.54, 1.807) is 0 Å². The molecule has 0 amide bonds. The van der Waals surface area contributed by atoms with Crippen molar-refractivity contribution in [1.82, 2.24) is 0 Å². The average Bonchev–Trinajstić information content (AvgIpc) is 1.63. The highest BCUT2D eigenvalue weighted by Gasteiger charge is 2.11. The molecule has 0 bridgehead atoms. The summed E-state index contributed by atoms with van der Waals surface area (Å²) in [7, 11) is -1.15. The molecule has 0 radical (unpaired) electrons. The summed E-state index contributed by atoms with van der Waals surface area (Å²) in [4.78, 5) is 0. The molecule has 0 unspecified atom stereocenters. The van der Waals surface area contributed by atoms with Gasteiger partial charge in [-0.05, 0) is 6.04 Å². The summed E-state index contributed by atoms with van der Waals surface area (Å²) in [6, 6.07) is 1.09. The summed E-state index contributed by atoms with van der Waals surface area (Å²) in [5.41, 5.74) is 0. The second-order valence-electron chi connectivity index (χ2n) is 3.22. The van der Waals surface area contributed by atoms with Gasteiger partial charge in [0.25, 0.3) is 0 Å². The van der Waals surface area contributed by atoms with Crippen molar-refractivity contribution in [2.24, 2.45) is 0 Å². The van der Waals surface area contributed by atoms with Crippen molar-refractivity contribution in [1.29, 1.82) is 0 Å². The lowest BCUT2D eigenvalue weighted by Crippen LogP contribution is -2.20. The minimum absolute atomic E-state index is 0.185. The Hall–Kier alpha value is 0.277. The molecule has 0 fully saturated rings. The smallest absolute Gasteiger partial charge is 0.295 e. The highest BCUT2D eigenvalue weighted by molar-refractivity contribution is 7.17. The third-order valence-corrected chi connectivity index (χ3v) is 2.99. The molecule has 9 heavy (non-hydrogen) atoms. The Labute approximate surface area is 58.9 Å². The van der Waals surface area contributed by atoms with E-state index in [0.717, 1.165) is 6.04 Å². The maximum Gasteiger partial charge on any atom is 0.327 e. The molecule has 0 aromatic heterocycles. The van der Waals surface area contributed by atoms with Crippen molar-refractivity contribution in [3.05, 3.63) is 0 Å². The van der Waals surface area contributed by atoms with Crippen molar-refractivity contribution in [2.45, 2.75) is 25.7 Å². The number of hydrogen-bond acceptors (Lipinski definition) is 2. The van der Waals surface area contributed by atoms with Gasteiger partial charge in [0.05, 0.1) is 6.61 Å². The first kappa shape index (κ1) is 9.28. The largest absolute Gasteiger partial charge is 0.327 e. The maximum atomic E-state index is 9.78. The quantitative estimate of drug-likeness (QED) is 0.362. The molecule has 4 heteroatoms. The monoisotopic (exact) mass is 164 g/mol. The van der Waals surface area contributed by atoms with Crippen LogP contribution < -0.4 is 0 Å². The molecule has 0 aromatic carbocycles. The first-order chi connectivity index (χ1) is 4.06. The summed E-state index contributed by atoms with van der Waals surface area (Å²) in [6.07, 6.45) is 0. The average molecular weight is 164 g/mol. The highest BCUT2D eigenvalue weighted by atomic mass is 31.1. The Morgan fingerprint density at radius 3 is 2.33 bits per heavy atom. The normalized spacial score (nSPS) is 12.3. The fraction of sp³-hybridized carbons (Fsp3) is 1.00. The lowest BCUT2D eigenvalue weighted by atomic mass is 10.9. The van der Waals surface area contributed by atoms with Gasteiger partial charge in [-0.25, -0.2) is 4.57 Å². The molecule has 2 nitrogen and oxygen atoms in total. The van der Waals surface area contributed by atoms with E-state index in [2.05, 4.69) is 24.2 Å². The van der Waals surface area contributed by atoms with Crippen molar-refractivity contribution in [2.75, 3.05) is 6.61 Å². The fourth-order valence-electron chi connectivity index (χ4n) is 0.389. The van der Waals surface area contributed by atoms with Crippen LogP contribution in [0.15, 0.2) is 0 Å². The third kappa shape index (κ3) is 8.28. The van der Waals surface area contributed by atoms with E-state index in [9.17, 15) is 4.57 Å². The van der Waals surface area contributed by atoms with Gasteiger partial charge in [0.15, 0.2) is 0 Å². The minimum Gasteiger partial charge on any atom is -0.295 e. The van der Waals surface area contributed by atoms with Crippen LogP contribution in [-0.2, 0) is 9.09 Å². The Morgan fingerprint density at radius 1 is 1.44 bits per heavy atom. The summed E-state index contributed by atoms with van der Waals surface area (Å²) in [5.74, 6) is 0. The zero-order valence-electron chi connectivity index (χ0n) is 6.18. The standard InChI is InChI=1S/C5H13O2PSi/c1-9(2,3)5-4-7-8-6/h4-5H2,1-3H3. The van der Waals surface area contributed by atoms with Crippen LogP contribution in [0.25, 0.3) is 0 Å². The van der Waals surface area contributed by atoms with Gasteiger partial charge in [0.1, 0.15) is 0 Å². The first-order valence-electron chi connectivity index (χ1n) is 3.01. The van der Waals surface area contributed by atoms with Crippen LogP contribution in [0.1, 0.15) is 0 Å². The maximum absolute atomic E-state index is 9.78. The molecule has 0 N–H and O–H groups in total. The Kier molecular flexibility index (Phi) is 4.28. The second-order valence-corrected chi connectivity index (χ2v) is 9.25. The molecule has 0 aliphatic rings. The van der Waals surface area contributed by atoms with Gasteiger partial charge in [-0.1, -0.05) is 19.6 Å². The first-order valence-corrected chi connectivity index (χ1v) is 7.44. The Balaban J connectivity index is 3.17. The van der Waals surface area contributed by atoms with Crippen LogP contribution in [0.2, 0.25) is 25.7 Å². The summed E-state index contributed by atoms with van der Waals surface area (Å²) in [5, 5.41) is 0. The SMILES string of the molecule is C[Si](C)(C)CCOP=O. The van der Waals surface area contributed by atoms with Crippen LogP contribution in [0.5, 0.6) is 0 Å². The fourth-order valence-corrected chi connectivity index (χ4v) is 1.44. The Bertz CT molecular complexity index is 89.4. The topological polar surface area (TPSA) is 26.3 Å². The van der Waals surface area contributed by atoms with E-state index < -0.39 is 8.07 Å². The van der Waals surface area contributed by atoms with Gasteiger partial charge in [-0.15, -0.1) is 0 Å². The summed E-state index contributed by atoms with van der Waals surface area (Å²) >= 11 is 0. The third-order valence-electron chi connectivity index (χ3n) is 0.996. The molecule has 0 aliphatic heterocycles. The Morgan fingerprint density at radius 2 is 2.00 bits per heavy atom. The molecular weight excluding hydrogens is 151 g/mol. The molecular formula is C5H13O2PSi. The van der Waals surface area contributed by atoms with Crippen LogP contribution in [-0.4, -0.2) is 14.7 Å². The molecule has 0 heterocycles. The zero-order chi connectivity index (χ0) is 7.33. The van der Waals surface area contributed by atoms with Crippen molar-refractivity contribution < 1.29 is 9.09 Å². The van der Waals surface area contributed by atoms with Gasteiger partial charge in [0.2, 0.25) is 0 Å². The van der Waals surface area contributed by atoms with Crippen LogP contribution in [0.3, 0.4) is 0 Å². The van der Waals surface area contributed by atoms with E-state index in [-0.39, 0.29) is 8.69 Å². The zero-order valence-corrected chi connectivity index (χ0v) is 8.07. The lowest BCUT2D eigenvalue weighted by Gasteiger charge is -2.12. The minimum atomic E-state index is -0.963. The molecule has 0 aromatic rings. The summed E-state index contributed by atoms with van der Waals surface area (Å²) in [6.45, 7) is 7.43. The van der Waals surface area contributed by atoms with E-state index in [1.165, 1.54) is 0 Å². The lowest BCUT2D eigenvalue weighted by molar-refractivity contribution is 0.363. The van der Waals surface area contributed by atoms with Crippen LogP contribution in [0.4, 0.5) is 0 Å². The summed E-state index contributed by atoms with van der Waals surface area (Å²) < 4.78 is 14.4. The van der Waals surface area contributed by atoms with E-state index in [0.29, 0.717) is 6.61 Å². The predicted molar refractivity (Wildman–Crippen MR) is 41.7 cm³/mol. The van der Waals surface area contributed by atoms with Gasteiger partial charge in [0, 0.05) is 8.07 Å². The van der Waals surface area contributed by atoms with Crippen molar-refractivity contribution >= 4 is 16.8 Å². The highest BCUT2D eigenvalue weighted by Crippen LogP contribution is 2.09. The molecule has 0 saturated carbocycles. The predicted octanol–water partition coefficient (Wildman–Crippen LogP) is 2.55. The molecule has 0 rings (SSSR count). The molecule has 0 aliphatic carbocycles. The van der Waals surface area contributed by atoms with Gasteiger partial charge >= 0.3 is 8.69 Å². The molecule has 0 saturated heterocycles. The van der Waals surface area contributed by atoms with E-state index >= 15 is 0 Å². The van der Waals surface area contributed by atoms with E-state index in [4.69, 9.17) is 0 Å². The van der Waals surface area contributed by atoms with Gasteiger partial charge < -0.3 is 0 Å². The molecule has 0 atom stereocenters. The van der Waals surface area contributed by atoms with Crippen molar-refractivity contribution in [3.8, 4) is 0 Å². The number of hydrogen-bond donors (Lipinski definition) is 0. The van der Waals surface area contributed by atoms with Crippen LogP contribution in [0, 0.1) is 0 Å². The second kappa shape index (κ2) is 4.15. The van der Waals surface area contributed by atoms with Crippen LogP contribution >= 0.6 is 8.69 Å². The van der Waals surface area contributed by atoms with Crippen molar-refractivity contribution in [3.63, 3.8) is 0 Å². The number of rotatable bonds is 4. The van der Waals surface area contributed by atoms with Gasteiger partial charge in [-0.3, -0.25) is 4.52 Å². The molecule has 54 valence electrons. The molecule has 0 spiro atoms.